The highest BCUT2D eigenvalue weighted by Gasteiger charge is 2.54. The van der Waals surface area contributed by atoms with E-state index in [2.05, 4.69) is 10.3 Å². The lowest BCUT2D eigenvalue weighted by Gasteiger charge is -2.49. The second-order valence-electron chi connectivity index (χ2n) is 8.16. The second kappa shape index (κ2) is 12.1. The molecular formula is C21H22Cl2N7O5S4+. The lowest BCUT2D eigenvalue weighted by atomic mass is 10.1. The quantitative estimate of drug-likeness (QED) is 0.0647. The van der Waals surface area contributed by atoms with Crippen molar-refractivity contribution >= 4 is 99.1 Å². The first-order valence-electron chi connectivity index (χ1n) is 10.9. The average Bonchev–Trinajstić information content (AvgIpc) is 2.90. The number of hydrogen-bond acceptors (Lipinski definition) is 11. The van der Waals surface area contributed by atoms with Gasteiger partial charge in [-0.3, -0.25) is 20.3 Å². The number of benzene rings is 1. The first-order valence-corrected chi connectivity index (χ1v) is 16.0. The third kappa shape index (κ3) is 6.11. The maximum absolute atomic E-state index is 12.9. The summed E-state index contributed by atoms with van der Waals surface area (Å²) in [5.74, 6) is 4.01. The minimum Gasteiger partial charge on any atom is -0.606 e. The molecule has 2 aromatic rings. The van der Waals surface area contributed by atoms with E-state index in [9.17, 15) is 24.0 Å². The fourth-order valence-corrected chi connectivity index (χ4v) is 8.94. The van der Waals surface area contributed by atoms with E-state index in [1.165, 1.54) is 23.5 Å². The standard InChI is InChI=1S/C21H21Cl2N7O5S4/c1-8-16(24)28-21(30(26)17(8)25)39(35)7-38-12-5-37-19-14(18(32)29(19)15(12)20(33)34)27-13(31)6-36-11-4-9(22)2-3-10(11)23/h2-4,14,19H,5-7,26H2,1H3,(H5,24,25,27,31,33,34)/p+1. The summed E-state index contributed by atoms with van der Waals surface area (Å²) in [7, 11) is 0. The number of β-lactam (4-membered cyclic amide) rings is 1. The Hall–Kier alpha value is -2.21. The number of carboxylic acids is 1. The van der Waals surface area contributed by atoms with Crippen LogP contribution in [0.25, 0.3) is 0 Å². The van der Waals surface area contributed by atoms with Crippen molar-refractivity contribution in [2.75, 3.05) is 33.9 Å². The molecule has 0 bridgehead atoms. The number of anilines is 2. The van der Waals surface area contributed by atoms with E-state index in [1.54, 1.807) is 25.1 Å². The molecule has 39 heavy (non-hydrogen) atoms. The van der Waals surface area contributed by atoms with Crippen LogP contribution in [0.5, 0.6) is 0 Å². The van der Waals surface area contributed by atoms with Crippen LogP contribution in [0.1, 0.15) is 5.56 Å². The van der Waals surface area contributed by atoms with Gasteiger partial charge in [-0.15, -0.1) is 23.5 Å². The average molecular weight is 652 g/mol. The number of nitrogen functional groups attached to an aromatic ring is 3. The Morgan fingerprint density at radius 2 is 2.08 bits per heavy atom. The number of halogens is 2. The Morgan fingerprint density at radius 1 is 1.36 bits per heavy atom. The number of aliphatic carboxylic acids is 1. The zero-order valence-electron chi connectivity index (χ0n) is 20.1. The summed E-state index contributed by atoms with van der Waals surface area (Å²) in [6.45, 7) is 1.62. The molecule has 2 amide bonds. The molecule has 1 fully saturated rings. The molecule has 12 nitrogen and oxygen atoms in total. The highest BCUT2D eigenvalue weighted by molar-refractivity contribution is 8.15. The highest BCUT2D eigenvalue weighted by atomic mass is 35.5. The van der Waals surface area contributed by atoms with Gasteiger partial charge in [0, 0.05) is 20.6 Å². The summed E-state index contributed by atoms with van der Waals surface area (Å²) in [5.41, 5.74) is 11.9. The molecule has 1 saturated heterocycles. The van der Waals surface area contributed by atoms with E-state index < -0.39 is 40.4 Å². The molecule has 0 saturated carbocycles. The highest BCUT2D eigenvalue weighted by Crippen LogP contribution is 2.44. The van der Waals surface area contributed by atoms with Crippen LogP contribution in [-0.2, 0) is 25.6 Å². The van der Waals surface area contributed by atoms with Gasteiger partial charge in [-0.2, -0.15) is 0 Å². The summed E-state index contributed by atoms with van der Waals surface area (Å²) in [4.78, 5) is 43.7. The lowest BCUT2D eigenvalue weighted by Crippen LogP contribution is -2.70. The molecule has 208 valence electrons. The fourth-order valence-electron chi connectivity index (χ4n) is 3.64. The molecule has 0 aliphatic carbocycles. The van der Waals surface area contributed by atoms with Gasteiger partial charge in [0.1, 0.15) is 17.1 Å². The van der Waals surface area contributed by atoms with Crippen molar-refractivity contribution in [1.82, 2.24) is 15.2 Å². The van der Waals surface area contributed by atoms with Crippen LogP contribution in [-0.4, -0.2) is 65.3 Å². The number of fused-ring (bicyclic) bond motifs is 1. The van der Waals surface area contributed by atoms with Crippen LogP contribution in [0.2, 0.25) is 10.0 Å². The van der Waals surface area contributed by atoms with E-state index >= 15 is 0 Å². The Morgan fingerprint density at radius 3 is 2.77 bits per heavy atom. The third-order valence-corrected chi connectivity index (χ3v) is 11.6. The van der Waals surface area contributed by atoms with Crippen molar-refractivity contribution in [1.29, 1.82) is 0 Å². The first-order chi connectivity index (χ1) is 18.4. The summed E-state index contributed by atoms with van der Waals surface area (Å²) < 4.78 is 13.9. The fraction of sp³-hybridized carbons (Fsp3) is 0.286. The van der Waals surface area contributed by atoms with Crippen molar-refractivity contribution in [3.8, 4) is 0 Å². The van der Waals surface area contributed by atoms with Gasteiger partial charge in [-0.25, -0.2) is 4.79 Å². The number of carbonyl (C=O) groups is 3. The van der Waals surface area contributed by atoms with Gasteiger partial charge in [0.2, 0.25) is 11.7 Å². The SMILES string of the molecule is Cc1c(N)nc([S+]([O-])CSC2=C(C(=O)O)N3C(=O)C(NC(=O)CSc4cc(Cl)ccc4Cl)C3SC2)[n+](N)c1N. The van der Waals surface area contributed by atoms with Gasteiger partial charge in [0.05, 0.1) is 27.5 Å². The van der Waals surface area contributed by atoms with Crippen LogP contribution in [0.4, 0.5) is 11.6 Å². The van der Waals surface area contributed by atoms with Crippen molar-refractivity contribution in [3.63, 3.8) is 0 Å². The number of carbonyl (C=O) groups excluding carboxylic acids is 2. The van der Waals surface area contributed by atoms with E-state index in [4.69, 9.17) is 40.5 Å². The van der Waals surface area contributed by atoms with Crippen LogP contribution >= 0.6 is 58.5 Å². The van der Waals surface area contributed by atoms with Gasteiger partial charge in [-0.1, -0.05) is 39.6 Å². The van der Waals surface area contributed by atoms with Gasteiger partial charge < -0.3 is 26.4 Å². The number of aromatic nitrogens is 2. The predicted molar refractivity (Wildman–Crippen MR) is 154 cm³/mol. The number of nitrogens with zero attached hydrogens (tertiary/aromatic N) is 3. The normalized spacial score (nSPS) is 19.4. The molecule has 8 N–H and O–H groups in total. The monoisotopic (exact) mass is 650 g/mol. The first kappa shape index (κ1) is 29.8. The molecule has 3 unspecified atom stereocenters. The number of nitrogens with two attached hydrogens (primary N) is 3. The van der Waals surface area contributed by atoms with Crippen molar-refractivity contribution in [2.24, 2.45) is 0 Å². The van der Waals surface area contributed by atoms with Crippen LogP contribution in [0.3, 0.4) is 0 Å². The maximum atomic E-state index is 12.9. The van der Waals surface area contributed by atoms with Crippen molar-refractivity contribution < 1.29 is 28.7 Å². The van der Waals surface area contributed by atoms with Gasteiger partial charge in [0.25, 0.3) is 11.7 Å². The number of nitrogens with one attached hydrogen (secondary N) is 1. The molecule has 3 heterocycles. The van der Waals surface area contributed by atoms with Crippen LogP contribution in [0, 0.1) is 6.92 Å². The molecule has 0 radical (unpaired) electrons. The predicted octanol–water partition coefficient (Wildman–Crippen LogP) is 1.15. The van der Waals surface area contributed by atoms with Gasteiger partial charge in [-0.05, 0) is 30.1 Å². The number of carboxylic acid groups (broad SMARTS) is 1. The van der Waals surface area contributed by atoms with Crippen LogP contribution in [0.15, 0.2) is 38.9 Å². The van der Waals surface area contributed by atoms with Crippen molar-refractivity contribution in [3.05, 3.63) is 44.4 Å². The van der Waals surface area contributed by atoms with Gasteiger partial charge >= 0.3 is 11.1 Å². The van der Waals surface area contributed by atoms with Gasteiger partial charge in [0.15, 0.2) is 5.08 Å². The molecule has 18 heteroatoms. The summed E-state index contributed by atoms with van der Waals surface area (Å²) in [6, 6.07) is 4.01. The van der Waals surface area contributed by atoms with E-state index in [0.29, 0.717) is 25.4 Å². The molecule has 1 aromatic heterocycles. The molecule has 2 aliphatic rings. The minimum atomic E-state index is -1.79. The largest absolute Gasteiger partial charge is 0.606 e. The summed E-state index contributed by atoms with van der Waals surface area (Å²) in [6.07, 6.45) is 0. The minimum absolute atomic E-state index is 0.0149. The number of amides is 2. The summed E-state index contributed by atoms with van der Waals surface area (Å²) >= 11 is 13.8. The smallest absolute Gasteiger partial charge is 0.473 e. The van der Waals surface area contributed by atoms with E-state index in [-0.39, 0.29) is 39.1 Å². The number of thioether (sulfide) groups is 3. The third-order valence-electron chi connectivity index (χ3n) is 5.70. The van der Waals surface area contributed by atoms with E-state index in [1.807, 2.05) is 0 Å². The Kier molecular flexibility index (Phi) is 9.25. The zero-order valence-corrected chi connectivity index (χ0v) is 24.8. The molecule has 3 atom stereocenters. The summed E-state index contributed by atoms with van der Waals surface area (Å²) in [5, 5.41) is 12.7. The van der Waals surface area contributed by atoms with Crippen LogP contribution < -0.4 is 27.3 Å². The van der Waals surface area contributed by atoms with Crippen molar-refractivity contribution in [2.45, 2.75) is 28.4 Å². The van der Waals surface area contributed by atoms with E-state index in [0.717, 1.165) is 21.3 Å². The Labute approximate surface area is 248 Å². The topological polar surface area (TPSA) is 205 Å². The Bertz CT molecular complexity index is 1400. The number of rotatable bonds is 9. The molecule has 1 aromatic carbocycles. The maximum Gasteiger partial charge on any atom is 0.473 e. The lowest BCUT2D eigenvalue weighted by molar-refractivity contribution is -0.668. The molecule has 2 aliphatic heterocycles. The zero-order chi connectivity index (χ0) is 28.6. The molecule has 4 rings (SSSR count). The Balaban J connectivity index is 1.41. The molecule has 0 spiro atoms. The second-order valence-corrected chi connectivity index (χ2v) is 13.9. The molecular weight excluding hydrogens is 629 g/mol. The number of hydrogen-bond donors (Lipinski definition) is 5.